The van der Waals surface area contributed by atoms with Gasteiger partial charge in [-0.25, -0.2) is 4.79 Å². The highest BCUT2D eigenvalue weighted by Crippen LogP contribution is 2.23. The van der Waals surface area contributed by atoms with Gasteiger partial charge in [-0.15, -0.1) is 0 Å². The van der Waals surface area contributed by atoms with E-state index in [0.717, 1.165) is 0 Å². The molecule has 1 fully saturated rings. The summed E-state index contributed by atoms with van der Waals surface area (Å²) in [5, 5.41) is 68.6. The highest BCUT2D eigenvalue weighted by atomic mass is 16.4. The lowest BCUT2D eigenvalue weighted by atomic mass is 9.99. The van der Waals surface area contributed by atoms with Crippen molar-refractivity contribution in [1.82, 2.24) is 47.1 Å². The fourth-order valence-electron chi connectivity index (χ4n) is 9.50. The Bertz CT molecular complexity index is 3020. The number of H-pyrrole nitrogens is 1. The first-order valence-corrected chi connectivity index (χ1v) is 27.7. The Morgan fingerprint density at radius 3 is 1.66 bits per heavy atom. The molecule has 460 valence electrons. The van der Waals surface area contributed by atoms with Gasteiger partial charge in [-0.2, -0.15) is 0 Å². The molecule has 2 heterocycles. The number of para-hydroxylation sites is 1. The minimum Gasteiger partial charge on any atom is -0.508 e. The van der Waals surface area contributed by atoms with E-state index in [9.17, 15) is 73.5 Å². The van der Waals surface area contributed by atoms with Crippen LogP contribution in [0.5, 0.6) is 11.5 Å². The molecule has 28 nitrogen and oxygen atoms in total. The normalized spacial score (nSPS) is 15.8. The van der Waals surface area contributed by atoms with E-state index < -0.39 is 133 Å². The zero-order valence-corrected chi connectivity index (χ0v) is 47.4. The maximum atomic E-state index is 15.0. The minimum absolute atomic E-state index is 0.0215. The van der Waals surface area contributed by atoms with Gasteiger partial charge < -0.3 is 89.8 Å². The van der Waals surface area contributed by atoms with Crippen molar-refractivity contribution >= 4 is 76.1 Å². The number of hydrogen-bond acceptors (Lipinski definition) is 15. The number of rotatable bonds is 32. The van der Waals surface area contributed by atoms with Crippen LogP contribution in [0.2, 0.25) is 0 Å². The van der Waals surface area contributed by atoms with Gasteiger partial charge in [0.1, 0.15) is 59.8 Å². The molecule has 1 aromatic heterocycles. The molecule has 0 saturated carbocycles. The average Bonchev–Trinajstić information content (AvgIpc) is 4.38. The van der Waals surface area contributed by atoms with Gasteiger partial charge in [0.15, 0.2) is 5.96 Å². The van der Waals surface area contributed by atoms with Crippen LogP contribution in [-0.4, -0.2) is 175 Å². The van der Waals surface area contributed by atoms with Gasteiger partial charge in [0.25, 0.3) is 0 Å². The number of phenols is 2. The number of aliphatic imine (C=N–C) groups is 1. The molecule has 28 heteroatoms. The molecular formula is C57H77N13O15. The summed E-state index contributed by atoms with van der Waals surface area (Å²) in [6, 6.07) is 5.80. The number of fused-ring (bicyclic) bond motifs is 1. The number of carboxylic acids is 2. The number of aromatic nitrogens is 1. The second-order valence-corrected chi connectivity index (χ2v) is 21.2. The van der Waals surface area contributed by atoms with Crippen molar-refractivity contribution in [3.63, 3.8) is 0 Å². The van der Waals surface area contributed by atoms with Crippen molar-refractivity contribution in [3.8, 4) is 11.5 Å². The minimum atomic E-state index is -1.78. The number of aromatic amines is 1. The Hall–Kier alpha value is -9.31. The number of carboxylic acid groups (broad SMARTS) is 2. The topological polar surface area (TPSA) is 466 Å². The lowest BCUT2D eigenvalue weighted by Gasteiger charge is -2.30. The van der Waals surface area contributed by atoms with E-state index in [1.807, 2.05) is 0 Å². The van der Waals surface area contributed by atoms with E-state index in [-0.39, 0.29) is 81.4 Å². The van der Waals surface area contributed by atoms with Crippen molar-refractivity contribution in [3.05, 3.63) is 95.7 Å². The van der Waals surface area contributed by atoms with E-state index in [1.165, 1.54) is 60.4 Å². The third kappa shape index (κ3) is 20.5. The van der Waals surface area contributed by atoms with Gasteiger partial charge in [-0.05, 0) is 98.4 Å². The van der Waals surface area contributed by atoms with Gasteiger partial charge in [-0.1, -0.05) is 56.3 Å². The quantitative estimate of drug-likeness (QED) is 0.0148. The van der Waals surface area contributed by atoms with Crippen LogP contribution in [0.3, 0.4) is 0 Å². The fraction of sp³-hybridized carbons (Fsp3) is 0.456. The Kier molecular flexibility index (Phi) is 25.0. The molecule has 9 atom stereocenters. The molecule has 8 amide bonds. The number of carbonyl (C=O) groups is 10. The van der Waals surface area contributed by atoms with Gasteiger partial charge in [0.2, 0.25) is 47.3 Å². The average molecular weight is 1180 g/mol. The van der Waals surface area contributed by atoms with Gasteiger partial charge in [-0.3, -0.25) is 48.1 Å². The predicted octanol–water partition coefficient (Wildman–Crippen LogP) is -1.62. The van der Waals surface area contributed by atoms with Crippen LogP contribution in [0.4, 0.5) is 0 Å². The third-order valence-corrected chi connectivity index (χ3v) is 14.0. The maximum Gasteiger partial charge on any atom is 0.326 e. The zero-order chi connectivity index (χ0) is 62.5. The molecule has 1 aliphatic heterocycles. The Morgan fingerprint density at radius 2 is 1.11 bits per heavy atom. The van der Waals surface area contributed by atoms with Crippen molar-refractivity contribution in [2.24, 2.45) is 28.1 Å². The summed E-state index contributed by atoms with van der Waals surface area (Å²) >= 11 is 0. The molecule has 4 aromatic rings. The molecule has 3 aromatic carbocycles. The number of guanidine groups is 1. The van der Waals surface area contributed by atoms with E-state index in [1.54, 1.807) is 44.3 Å². The number of phenolic OH excluding ortho intramolecular Hbond substituents is 2. The smallest absolute Gasteiger partial charge is 0.326 e. The Morgan fingerprint density at radius 1 is 0.624 bits per heavy atom. The molecule has 1 saturated heterocycles. The Balaban J connectivity index is 1.44. The Labute approximate surface area is 489 Å². The number of aliphatic hydroxyl groups is 1. The summed E-state index contributed by atoms with van der Waals surface area (Å²) in [6.07, 6.45) is 0.466. The van der Waals surface area contributed by atoms with Crippen LogP contribution < -0.4 is 54.4 Å². The summed E-state index contributed by atoms with van der Waals surface area (Å²) in [6.45, 7) is 3.84. The van der Waals surface area contributed by atoms with Crippen LogP contribution in [0.15, 0.2) is 84.0 Å². The number of aliphatic carboxylic acids is 2. The SMILES string of the molecule is CC(C)C[C@H](NC(=O)[C@H](CO)NC(=O)[C@H](CCCN=C(N)N)NC(=O)[C@H](CCC(=O)O)NC(=O)[C@H](C)N)C(=O)N[C@@H](Cc1c[nH]c2ccccc12)C(=O)N[C@@H](Cc1ccc(O)cc1)C(=O)N[C@@H](Cc1ccc(O)cc1)C(=O)N1CCC[C@H]1C(=O)O. The third-order valence-electron chi connectivity index (χ3n) is 14.0. The largest absolute Gasteiger partial charge is 0.508 e. The summed E-state index contributed by atoms with van der Waals surface area (Å²) in [5.41, 5.74) is 18.8. The number of hydrogen-bond donors (Lipinski definition) is 16. The molecule has 5 rings (SSSR count). The highest BCUT2D eigenvalue weighted by molar-refractivity contribution is 5.99. The summed E-state index contributed by atoms with van der Waals surface area (Å²) in [7, 11) is 0. The number of nitrogens with two attached hydrogens (primary N) is 3. The van der Waals surface area contributed by atoms with Gasteiger partial charge in [0, 0.05) is 55.9 Å². The summed E-state index contributed by atoms with van der Waals surface area (Å²) < 4.78 is 0. The van der Waals surface area contributed by atoms with Crippen LogP contribution in [0, 0.1) is 5.92 Å². The second-order valence-electron chi connectivity index (χ2n) is 21.2. The number of aromatic hydroxyl groups is 2. The molecule has 0 aliphatic carbocycles. The van der Waals surface area contributed by atoms with Crippen molar-refractivity contribution < 1.29 is 73.5 Å². The van der Waals surface area contributed by atoms with Crippen LogP contribution in [0.1, 0.15) is 82.4 Å². The number of aliphatic hydroxyl groups excluding tert-OH is 1. The monoisotopic (exact) mass is 1180 g/mol. The van der Waals surface area contributed by atoms with Crippen LogP contribution in [-0.2, 0) is 67.2 Å². The molecule has 19 N–H and O–H groups in total. The van der Waals surface area contributed by atoms with E-state index in [2.05, 4.69) is 47.2 Å². The van der Waals surface area contributed by atoms with Crippen molar-refractivity contribution in [2.75, 3.05) is 19.7 Å². The second kappa shape index (κ2) is 31.9. The van der Waals surface area contributed by atoms with E-state index in [4.69, 9.17) is 17.2 Å². The molecule has 0 spiro atoms. The van der Waals surface area contributed by atoms with Gasteiger partial charge in [0.05, 0.1) is 12.6 Å². The van der Waals surface area contributed by atoms with Crippen molar-refractivity contribution in [2.45, 2.75) is 139 Å². The number of amides is 8. The number of benzene rings is 3. The summed E-state index contributed by atoms with van der Waals surface area (Å²) in [4.78, 5) is 145. The first-order valence-electron chi connectivity index (χ1n) is 27.7. The summed E-state index contributed by atoms with van der Waals surface area (Å²) in [5.74, 6) is -10.5. The standard InChI is InChI=1S/C57H77N13O15/c1-30(2)24-41(65-54(82)45(29-71)69-49(77)39(10-6-22-61-57(59)60)64-50(78)40(20-21-47(74)75)63-48(76)31(3)58)51(79)67-43(27-34-28-62-38-9-5-4-8-37(34)38)53(81)66-42(25-32-12-16-35(72)17-13-32)52(80)68-44(26-33-14-18-36(73)19-15-33)55(83)70-23-7-11-46(70)56(84)85/h4-5,8-9,12-19,28,30-31,39-46,62,71-73H,6-7,10-11,20-27,29,58H2,1-3H3,(H,63,76)(H,64,78)(H,65,82)(H,66,81)(H,67,79)(H,68,80)(H,69,77)(H,74,75)(H,84,85)(H4,59,60,61)/t31-,39-,40-,41-,42-,43-,44-,45-,46-/m0/s1. The molecule has 0 radical (unpaired) electrons. The van der Waals surface area contributed by atoms with Gasteiger partial charge >= 0.3 is 11.9 Å². The molecule has 0 unspecified atom stereocenters. The maximum absolute atomic E-state index is 15.0. The van der Waals surface area contributed by atoms with E-state index >= 15 is 0 Å². The van der Waals surface area contributed by atoms with Crippen LogP contribution >= 0.6 is 0 Å². The van der Waals surface area contributed by atoms with Crippen LogP contribution in [0.25, 0.3) is 10.9 Å². The first kappa shape index (κ1) is 66.5. The molecular weight excluding hydrogens is 1110 g/mol. The highest BCUT2D eigenvalue weighted by Gasteiger charge is 2.40. The number of nitrogens with one attached hydrogen (secondary N) is 8. The van der Waals surface area contributed by atoms with E-state index in [0.29, 0.717) is 34.0 Å². The fourth-order valence-corrected chi connectivity index (χ4v) is 9.50. The number of carbonyl (C=O) groups excluding carboxylic acids is 8. The number of likely N-dealkylation sites (tertiary alicyclic amines) is 1. The lowest BCUT2D eigenvalue weighted by Crippen LogP contribution is -2.61. The predicted molar refractivity (Wildman–Crippen MR) is 308 cm³/mol. The first-order chi connectivity index (χ1) is 40.3. The molecule has 85 heavy (non-hydrogen) atoms. The molecule has 0 bridgehead atoms. The van der Waals surface area contributed by atoms with Crippen molar-refractivity contribution in [1.29, 1.82) is 0 Å². The lowest BCUT2D eigenvalue weighted by molar-refractivity contribution is -0.149. The zero-order valence-electron chi connectivity index (χ0n) is 47.4. The number of nitrogens with zero attached hydrogens (tertiary/aromatic N) is 2. The molecule has 1 aliphatic rings.